The lowest BCUT2D eigenvalue weighted by atomic mass is 9.89. The lowest BCUT2D eigenvalue weighted by Crippen LogP contribution is -2.38. The van der Waals surface area contributed by atoms with E-state index in [1.165, 1.54) is 12.1 Å². The average Bonchev–Trinajstić information content (AvgIpc) is 2.91. The molecule has 0 bridgehead atoms. The molecule has 0 amide bonds. The molecule has 26 heavy (non-hydrogen) atoms. The highest BCUT2D eigenvalue weighted by Crippen LogP contribution is 2.30. The van der Waals surface area contributed by atoms with Crippen LogP contribution in [0.1, 0.15) is 40.0 Å². The van der Waals surface area contributed by atoms with Crippen molar-refractivity contribution in [2.45, 2.75) is 32.5 Å². The zero-order valence-corrected chi connectivity index (χ0v) is 14.9. The monoisotopic (exact) mass is 365 g/mol. The number of piperidine rings is 1. The predicted octanol–water partition coefficient (Wildman–Crippen LogP) is 3.84. The summed E-state index contributed by atoms with van der Waals surface area (Å²) in [5.41, 5.74) is 1.73. The summed E-state index contributed by atoms with van der Waals surface area (Å²) < 4.78 is 39.8. The third-order valence-corrected chi connectivity index (χ3v) is 4.88. The number of carbonyl (C=O) groups excluding carboxylic acids is 1. The molecule has 1 fully saturated rings. The highest BCUT2D eigenvalue weighted by Gasteiger charge is 2.31. The molecule has 0 radical (unpaired) electrons. The molecule has 1 atom stereocenters. The summed E-state index contributed by atoms with van der Waals surface area (Å²) in [4.78, 5) is 14.9. The quantitative estimate of drug-likeness (QED) is 0.773. The summed E-state index contributed by atoms with van der Waals surface area (Å²) in [7, 11) is 1.88. The van der Waals surface area contributed by atoms with Crippen molar-refractivity contribution in [3.8, 4) is 0 Å². The van der Waals surface area contributed by atoms with Crippen LogP contribution in [0.3, 0.4) is 0 Å². The number of aromatic nitrogens is 2. The Hall–Kier alpha value is -2.15. The Kier molecular flexibility index (Phi) is 5.18. The second-order valence-electron chi connectivity index (χ2n) is 6.93. The van der Waals surface area contributed by atoms with E-state index in [-0.39, 0.29) is 11.7 Å². The third-order valence-electron chi connectivity index (χ3n) is 4.88. The summed E-state index contributed by atoms with van der Waals surface area (Å²) in [6.45, 7) is 4.22. The molecule has 3 rings (SSSR count). The number of alkyl halides is 3. The molecule has 4 nitrogen and oxygen atoms in total. The molecule has 7 heteroatoms. The van der Waals surface area contributed by atoms with Gasteiger partial charge >= 0.3 is 6.18 Å². The minimum absolute atomic E-state index is 0.0775. The van der Waals surface area contributed by atoms with Crippen molar-refractivity contribution >= 4 is 5.78 Å². The summed E-state index contributed by atoms with van der Waals surface area (Å²) in [5.74, 6) is -0.260. The van der Waals surface area contributed by atoms with Crippen LogP contribution in [0.5, 0.6) is 0 Å². The van der Waals surface area contributed by atoms with Gasteiger partial charge in [-0.15, -0.1) is 0 Å². The number of Topliss-reactive ketones (excluding diaryl/α,β-unsaturated/α-hetero) is 1. The van der Waals surface area contributed by atoms with Gasteiger partial charge in [0.15, 0.2) is 5.78 Å². The van der Waals surface area contributed by atoms with Gasteiger partial charge in [-0.2, -0.15) is 18.3 Å². The third kappa shape index (κ3) is 4.15. The highest BCUT2D eigenvalue weighted by molar-refractivity contribution is 5.98. The molecule has 1 aromatic carbocycles. The molecule has 0 saturated carbocycles. The topological polar surface area (TPSA) is 38.1 Å². The lowest BCUT2D eigenvalue weighted by Gasteiger charge is -2.31. The van der Waals surface area contributed by atoms with Crippen molar-refractivity contribution in [2.24, 2.45) is 13.0 Å². The smallest absolute Gasteiger partial charge is 0.298 e. The molecule has 2 aromatic rings. The van der Waals surface area contributed by atoms with Crippen molar-refractivity contribution in [2.75, 3.05) is 13.1 Å². The van der Waals surface area contributed by atoms with Crippen LogP contribution < -0.4 is 0 Å². The Morgan fingerprint density at radius 3 is 2.54 bits per heavy atom. The van der Waals surface area contributed by atoms with Gasteiger partial charge < -0.3 is 0 Å². The number of hydrogen-bond donors (Lipinski definition) is 0. The minimum atomic E-state index is -4.38. The van der Waals surface area contributed by atoms with Gasteiger partial charge in [-0.1, -0.05) is 12.1 Å². The second kappa shape index (κ2) is 7.23. The van der Waals surface area contributed by atoms with E-state index in [4.69, 9.17) is 0 Å². The Morgan fingerprint density at radius 1 is 1.27 bits per heavy atom. The number of hydrogen-bond acceptors (Lipinski definition) is 3. The van der Waals surface area contributed by atoms with Crippen LogP contribution in [-0.2, 0) is 19.8 Å². The van der Waals surface area contributed by atoms with E-state index in [2.05, 4.69) is 10.00 Å². The van der Waals surface area contributed by atoms with E-state index in [9.17, 15) is 18.0 Å². The molecule has 0 N–H and O–H groups in total. The van der Waals surface area contributed by atoms with Gasteiger partial charge in [0.05, 0.1) is 11.3 Å². The van der Waals surface area contributed by atoms with E-state index >= 15 is 0 Å². The first kappa shape index (κ1) is 18.6. The van der Waals surface area contributed by atoms with Crippen LogP contribution in [0.25, 0.3) is 0 Å². The largest absolute Gasteiger partial charge is 0.416 e. The summed E-state index contributed by atoms with van der Waals surface area (Å²) in [6.07, 6.45) is -0.736. The standard InChI is InChI=1S/C19H22F3N3O/c1-13-16(10-24(2)23-13)12-25-9-3-4-15(11-25)18(26)14-5-7-17(8-6-14)19(20,21)22/h5-8,10,15H,3-4,9,11-12H2,1-2H3/t15-/m0/s1. The van der Waals surface area contributed by atoms with E-state index in [1.54, 1.807) is 4.68 Å². The number of ketones is 1. The second-order valence-corrected chi connectivity index (χ2v) is 6.93. The van der Waals surface area contributed by atoms with Crippen LogP contribution in [-0.4, -0.2) is 33.6 Å². The zero-order valence-electron chi connectivity index (χ0n) is 14.9. The first-order chi connectivity index (χ1) is 12.2. The fourth-order valence-electron chi connectivity index (χ4n) is 3.52. The molecule has 0 unspecified atom stereocenters. The maximum Gasteiger partial charge on any atom is 0.416 e. The summed E-state index contributed by atoms with van der Waals surface area (Å²) in [5, 5.41) is 4.34. The van der Waals surface area contributed by atoms with Gasteiger partial charge in [0.2, 0.25) is 0 Å². The molecular formula is C19H22F3N3O. The molecule has 1 saturated heterocycles. The van der Waals surface area contributed by atoms with Crippen LogP contribution in [0.2, 0.25) is 0 Å². The Bertz CT molecular complexity index is 780. The number of likely N-dealkylation sites (tertiary alicyclic amines) is 1. The number of benzene rings is 1. The van der Waals surface area contributed by atoms with Crippen molar-refractivity contribution in [3.63, 3.8) is 0 Å². The fourth-order valence-corrected chi connectivity index (χ4v) is 3.52. The first-order valence-corrected chi connectivity index (χ1v) is 8.67. The summed E-state index contributed by atoms with van der Waals surface area (Å²) >= 11 is 0. The van der Waals surface area contributed by atoms with Gasteiger partial charge in [0, 0.05) is 43.4 Å². The summed E-state index contributed by atoms with van der Waals surface area (Å²) in [6, 6.07) is 4.53. The van der Waals surface area contributed by atoms with Gasteiger partial charge in [0.25, 0.3) is 0 Å². The number of aryl methyl sites for hydroxylation is 2. The minimum Gasteiger partial charge on any atom is -0.298 e. The zero-order chi connectivity index (χ0) is 18.9. The molecule has 1 aliphatic heterocycles. The van der Waals surface area contributed by atoms with E-state index < -0.39 is 11.7 Å². The normalized spacial score (nSPS) is 18.9. The number of halogens is 3. The van der Waals surface area contributed by atoms with Crippen molar-refractivity contribution in [3.05, 3.63) is 52.8 Å². The Labute approximate surface area is 150 Å². The maximum atomic E-state index is 12.7. The predicted molar refractivity (Wildman–Crippen MR) is 91.7 cm³/mol. The van der Waals surface area contributed by atoms with Gasteiger partial charge in [-0.25, -0.2) is 0 Å². The van der Waals surface area contributed by atoms with E-state index in [1.807, 2.05) is 20.2 Å². The van der Waals surface area contributed by atoms with Gasteiger partial charge in [-0.3, -0.25) is 14.4 Å². The number of carbonyl (C=O) groups is 1. The molecule has 1 aromatic heterocycles. The van der Waals surface area contributed by atoms with Gasteiger partial charge in [0.1, 0.15) is 0 Å². The maximum absolute atomic E-state index is 12.7. The highest BCUT2D eigenvalue weighted by atomic mass is 19.4. The van der Waals surface area contributed by atoms with Crippen LogP contribution >= 0.6 is 0 Å². The lowest BCUT2D eigenvalue weighted by molar-refractivity contribution is -0.137. The van der Waals surface area contributed by atoms with E-state index in [0.717, 1.165) is 49.3 Å². The SMILES string of the molecule is Cc1nn(C)cc1CN1CCC[C@H](C(=O)c2ccc(C(F)(F)F)cc2)C1. The average molecular weight is 365 g/mol. The first-order valence-electron chi connectivity index (χ1n) is 8.67. The molecule has 140 valence electrons. The van der Waals surface area contributed by atoms with Crippen molar-refractivity contribution in [1.29, 1.82) is 0 Å². The molecule has 0 spiro atoms. The van der Waals surface area contributed by atoms with Crippen LogP contribution in [0.4, 0.5) is 13.2 Å². The van der Waals surface area contributed by atoms with Crippen LogP contribution in [0.15, 0.2) is 30.5 Å². The molecule has 1 aliphatic rings. The number of nitrogens with zero attached hydrogens (tertiary/aromatic N) is 3. The van der Waals surface area contributed by atoms with Crippen molar-refractivity contribution < 1.29 is 18.0 Å². The van der Waals surface area contributed by atoms with Gasteiger partial charge in [-0.05, 0) is 38.4 Å². The van der Waals surface area contributed by atoms with Crippen molar-refractivity contribution in [1.82, 2.24) is 14.7 Å². The van der Waals surface area contributed by atoms with E-state index in [0.29, 0.717) is 12.1 Å². The number of rotatable bonds is 4. The molecule has 2 heterocycles. The van der Waals surface area contributed by atoms with Crippen LogP contribution in [0, 0.1) is 12.8 Å². The molecule has 0 aliphatic carbocycles. The Morgan fingerprint density at radius 2 is 1.96 bits per heavy atom. The fraction of sp³-hybridized carbons (Fsp3) is 0.474. The molecular weight excluding hydrogens is 343 g/mol. The Balaban J connectivity index is 1.67.